The zero-order valence-corrected chi connectivity index (χ0v) is 26.3. The third-order valence-electron chi connectivity index (χ3n) is 8.60. The van der Waals surface area contributed by atoms with Gasteiger partial charge in [0.15, 0.2) is 0 Å². The standard InChI is InChI=1S/C34H41N7O3/c1-34(2,3)44-38-30(24-8-6-23(7-9-24)22-41-16-18-43-19-17-41)25-10-13-27(14-11-25)39(4)32-28(21-36)33(42)40(5)29-15-12-26(20-35)37-31(29)32/h6-9,12,15,25,27H,10-11,13-14,16-19,22H2,1-5H3/b38-30+. The van der Waals surface area contributed by atoms with Crippen LogP contribution in [0.5, 0.6) is 0 Å². The van der Waals surface area contributed by atoms with Crippen LogP contribution in [0.2, 0.25) is 0 Å². The van der Waals surface area contributed by atoms with Gasteiger partial charge < -0.3 is 19.0 Å². The second-order valence-corrected chi connectivity index (χ2v) is 12.8. The van der Waals surface area contributed by atoms with Crippen LogP contribution >= 0.6 is 0 Å². The van der Waals surface area contributed by atoms with Gasteiger partial charge in [-0.15, -0.1) is 0 Å². The summed E-state index contributed by atoms with van der Waals surface area (Å²) in [6.45, 7) is 10.4. The number of hydrogen-bond acceptors (Lipinski definition) is 9. The maximum Gasteiger partial charge on any atom is 0.270 e. The van der Waals surface area contributed by atoms with E-state index in [1.165, 1.54) is 10.1 Å². The molecule has 0 amide bonds. The number of morpholine rings is 1. The molecule has 0 N–H and O–H groups in total. The van der Waals surface area contributed by atoms with Crippen molar-refractivity contribution in [2.24, 2.45) is 18.1 Å². The van der Waals surface area contributed by atoms with Crippen molar-refractivity contribution >= 4 is 22.4 Å². The van der Waals surface area contributed by atoms with Crippen molar-refractivity contribution in [2.45, 2.75) is 64.6 Å². The summed E-state index contributed by atoms with van der Waals surface area (Å²) in [5.41, 5.74) is 4.37. The van der Waals surface area contributed by atoms with Crippen LogP contribution in [0.1, 0.15) is 68.8 Å². The van der Waals surface area contributed by atoms with Crippen molar-refractivity contribution in [3.63, 3.8) is 0 Å². The van der Waals surface area contributed by atoms with Crippen LogP contribution in [-0.4, -0.2) is 65.2 Å². The van der Waals surface area contributed by atoms with Gasteiger partial charge >= 0.3 is 0 Å². The highest BCUT2D eigenvalue weighted by molar-refractivity contribution is 6.02. The Hall–Kier alpha value is -4.25. The molecule has 2 aromatic heterocycles. The quantitative estimate of drug-likeness (QED) is 0.284. The lowest BCUT2D eigenvalue weighted by molar-refractivity contribution is -0.0000315. The zero-order valence-electron chi connectivity index (χ0n) is 26.3. The average molecular weight is 596 g/mol. The Kier molecular flexibility index (Phi) is 9.33. The molecule has 2 aliphatic rings. The smallest absolute Gasteiger partial charge is 0.270 e. The third kappa shape index (κ3) is 6.77. The van der Waals surface area contributed by atoms with E-state index in [0.29, 0.717) is 16.7 Å². The van der Waals surface area contributed by atoms with E-state index in [1.807, 2.05) is 32.7 Å². The Bertz CT molecular complexity index is 1660. The Morgan fingerprint density at radius 1 is 1.07 bits per heavy atom. The summed E-state index contributed by atoms with van der Waals surface area (Å²) < 4.78 is 6.92. The summed E-state index contributed by atoms with van der Waals surface area (Å²) in [7, 11) is 3.55. The molecule has 1 saturated heterocycles. The molecule has 0 unspecified atom stereocenters. The number of ether oxygens (including phenoxy) is 1. The third-order valence-corrected chi connectivity index (χ3v) is 8.60. The molecule has 5 rings (SSSR count). The Morgan fingerprint density at radius 2 is 1.75 bits per heavy atom. The highest BCUT2D eigenvalue weighted by Crippen LogP contribution is 2.35. The van der Waals surface area contributed by atoms with Gasteiger partial charge in [0.05, 0.1) is 30.1 Å². The molecule has 0 bridgehead atoms. The monoisotopic (exact) mass is 595 g/mol. The van der Waals surface area contributed by atoms with E-state index in [2.05, 4.69) is 46.3 Å². The molecule has 1 aliphatic carbocycles. The molecule has 0 spiro atoms. The molecule has 1 aromatic carbocycles. The molecular formula is C34H41N7O3. The minimum Gasteiger partial charge on any atom is -0.390 e. The fourth-order valence-electron chi connectivity index (χ4n) is 6.17. The Morgan fingerprint density at radius 3 is 2.36 bits per heavy atom. The summed E-state index contributed by atoms with van der Waals surface area (Å²) in [5, 5.41) is 24.2. The van der Waals surface area contributed by atoms with Crippen LogP contribution in [-0.2, 0) is 23.2 Å². The second kappa shape index (κ2) is 13.2. The molecule has 0 atom stereocenters. The minimum absolute atomic E-state index is 0.0465. The van der Waals surface area contributed by atoms with Gasteiger partial charge in [0, 0.05) is 45.7 Å². The molecule has 2 fully saturated rings. The van der Waals surface area contributed by atoms with Gasteiger partial charge in [0.2, 0.25) is 0 Å². The highest BCUT2D eigenvalue weighted by atomic mass is 16.6. The number of hydrogen-bond donors (Lipinski definition) is 0. The molecule has 1 aliphatic heterocycles. The summed E-state index contributed by atoms with van der Waals surface area (Å²) in [6.07, 6.45) is 3.42. The SMILES string of the molecule is CN(c1c(C#N)c(=O)n(C)c2ccc(C#N)nc12)C1CCC(/C(=N/OC(C)(C)C)c2ccc(CN3CCOCC3)cc2)CC1. The van der Waals surface area contributed by atoms with Gasteiger partial charge in [-0.25, -0.2) is 4.98 Å². The number of aromatic nitrogens is 2. The second-order valence-electron chi connectivity index (χ2n) is 12.8. The molecule has 3 aromatic rings. The Labute approximate surface area is 259 Å². The first-order valence-corrected chi connectivity index (χ1v) is 15.3. The van der Waals surface area contributed by atoms with Crippen LogP contribution in [0.15, 0.2) is 46.3 Å². The number of nitriles is 2. The molecule has 3 heterocycles. The summed E-state index contributed by atoms with van der Waals surface area (Å²) in [6, 6.07) is 16.3. The minimum atomic E-state index is -0.414. The Balaban J connectivity index is 1.38. The van der Waals surface area contributed by atoms with Gasteiger partial charge in [0.1, 0.15) is 34.5 Å². The van der Waals surface area contributed by atoms with Crippen molar-refractivity contribution in [2.75, 3.05) is 38.3 Å². The summed E-state index contributed by atoms with van der Waals surface area (Å²) in [4.78, 5) is 28.1. The molecule has 10 heteroatoms. The maximum absolute atomic E-state index is 13.1. The largest absolute Gasteiger partial charge is 0.390 e. The van der Waals surface area contributed by atoms with Crippen LogP contribution in [0.25, 0.3) is 11.0 Å². The molecule has 230 valence electrons. The number of oxime groups is 1. The van der Waals surface area contributed by atoms with E-state index in [1.54, 1.807) is 19.2 Å². The lowest BCUT2D eigenvalue weighted by atomic mass is 9.80. The van der Waals surface area contributed by atoms with E-state index in [0.717, 1.165) is 69.8 Å². The molecule has 1 saturated carbocycles. The fraction of sp³-hybridized carbons (Fsp3) is 0.500. The topological polar surface area (TPSA) is 120 Å². The number of nitrogens with zero attached hydrogens (tertiary/aromatic N) is 7. The number of aryl methyl sites for hydroxylation is 1. The summed E-state index contributed by atoms with van der Waals surface area (Å²) >= 11 is 0. The van der Waals surface area contributed by atoms with Crippen LogP contribution in [0.4, 0.5) is 5.69 Å². The van der Waals surface area contributed by atoms with Gasteiger partial charge in [-0.3, -0.25) is 9.69 Å². The molecule has 10 nitrogen and oxygen atoms in total. The van der Waals surface area contributed by atoms with Crippen molar-refractivity contribution in [1.29, 1.82) is 10.5 Å². The van der Waals surface area contributed by atoms with Gasteiger partial charge in [-0.2, -0.15) is 10.5 Å². The number of rotatable bonds is 7. The lowest BCUT2D eigenvalue weighted by Gasteiger charge is -2.37. The van der Waals surface area contributed by atoms with Crippen molar-refractivity contribution in [3.8, 4) is 12.1 Å². The number of benzene rings is 1. The highest BCUT2D eigenvalue weighted by Gasteiger charge is 2.31. The normalized spacial score (nSPS) is 19.8. The van der Waals surface area contributed by atoms with E-state index in [9.17, 15) is 15.3 Å². The number of fused-ring (bicyclic) bond motifs is 1. The summed E-state index contributed by atoms with van der Waals surface area (Å²) in [5.74, 6) is 0.200. The first-order chi connectivity index (χ1) is 21.1. The van der Waals surface area contributed by atoms with Crippen LogP contribution in [0, 0.1) is 28.6 Å². The van der Waals surface area contributed by atoms with Gasteiger partial charge in [-0.1, -0.05) is 29.4 Å². The molecule has 44 heavy (non-hydrogen) atoms. The zero-order chi connectivity index (χ0) is 31.4. The van der Waals surface area contributed by atoms with Crippen LogP contribution < -0.4 is 10.5 Å². The van der Waals surface area contributed by atoms with Crippen molar-refractivity contribution in [3.05, 3.63) is 69.1 Å². The molecule has 0 radical (unpaired) electrons. The van der Waals surface area contributed by atoms with E-state index in [4.69, 9.17) is 14.7 Å². The van der Waals surface area contributed by atoms with Gasteiger partial charge in [0.25, 0.3) is 5.56 Å². The average Bonchev–Trinajstić information content (AvgIpc) is 3.03. The first kappa shape index (κ1) is 31.2. The number of pyridine rings is 2. The van der Waals surface area contributed by atoms with E-state index < -0.39 is 5.60 Å². The van der Waals surface area contributed by atoms with E-state index in [-0.39, 0.29) is 28.8 Å². The maximum atomic E-state index is 13.1. The predicted octanol–water partition coefficient (Wildman–Crippen LogP) is 4.72. The van der Waals surface area contributed by atoms with Crippen LogP contribution in [0.3, 0.4) is 0 Å². The van der Waals surface area contributed by atoms with Crippen molar-refractivity contribution < 1.29 is 9.57 Å². The van der Waals surface area contributed by atoms with E-state index >= 15 is 0 Å². The first-order valence-electron chi connectivity index (χ1n) is 15.3. The lowest BCUT2D eigenvalue weighted by Crippen LogP contribution is -2.39. The molecular weight excluding hydrogens is 554 g/mol. The fourth-order valence-corrected chi connectivity index (χ4v) is 6.17. The van der Waals surface area contributed by atoms with Gasteiger partial charge in [-0.05, 0) is 69.7 Å². The predicted molar refractivity (Wildman–Crippen MR) is 170 cm³/mol. The number of anilines is 1. The van der Waals surface area contributed by atoms with Crippen molar-refractivity contribution in [1.82, 2.24) is 14.5 Å².